The zero-order valence-electron chi connectivity index (χ0n) is 12.7. The second kappa shape index (κ2) is 6.68. The van der Waals surface area contributed by atoms with Crippen molar-refractivity contribution in [3.05, 3.63) is 48.4 Å². The van der Waals surface area contributed by atoms with Crippen LogP contribution in [0.4, 0.5) is 0 Å². The summed E-state index contributed by atoms with van der Waals surface area (Å²) >= 11 is 0. The summed E-state index contributed by atoms with van der Waals surface area (Å²) in [4.78, 5) is 15.6. The Balaban J connectivity index is 0.00000176. The lowest BCUT2D eigenvalue weighted by atomic mass is 9.95. The molecule has 1 radical (unpaired) electrons. The predicted octanol–water partition coefficient (Wildman–Crippen LogP) is -0.839. The number of methoxy groups -OCH3 is 1. The SMILES string of the molecule is COC(=O)C1=CN(C)[C+]N1C1CC(C)Oc2ccccc21.[I-]. The smallest absolute Gasteiger partial charge is 0.565 e. The quantitative estimate of drug-likeness (QED) is 0.360. The lowest BCUT2D eigenvalue weighted by Crippen LogP contribution is -3.00. The van der Waals surface area contributed by atoms with Crippen molar-refractivity contribution in [3.63, 3.8) is 0 Å². The monoisotopic (exact) mass is 413 g/mol. The van der Waals surface area contributed by atoms with Gasteiger partial charge in [0.15, 0.2) is 5.70 Å². The van der Waals surface area contributed by atoms with Crippen LogP contribution >= 0.6 is 0 Å². The summed E-state index contributed by atoms with van der Waals surface area (Å²) in [5.74, 6) is 0.505. The number of carbonyl (C=O) groups excluding carboxylic acids is 1. The molecule has 22 heavy (non-hydrogen) atoms. The van der Waals surface area contributed by atoms with Crippen LogP contribution in [0.1, 0.15) is 24.9 Å². The minimum atomic E-state index is -0.358. The van der Waals surface area contributed by atoms with E-state index in [2.05, 4.69) is 6.67 Å². The van der Waals surface area contributed by atoms with Crippen molar-refractivity contribution in [2.24, 2.45) is 0 Å². The van der Waals surface area contributed by atoms with Gasteiger partial charge in [-0.1, -0.05) is 18.2 Å². The molecule has 0 fully saturated rings. The molecule has 5 nitrogen and oxygen atoms in total. The molecule has 2 aliphatic heterocycles. The first-order chi connectivity index (χ1) is 10.1. The molecular weight excluding hydrogens is 395 g/mol. The number of ether oxygens (including phenoxy) is 2. The van der Waals surface area contributed by atoms with Crippen LogP contribution in [0, 0.1) is 6.67 Å². The Labute approximate surface area is 147 Å². The zero-order valence-corrected chi connectivity index (χ0v) is 14.9. The van der Waals surface area contributed by atoms with E-state index in [0.717, 1.165) is 17.7 Å². The van der Waals surface area contributed by atoms with Gasteiger partial charge >= 0.3 is 12.6 Å². The zero-order chi connectivity index (χ0) is 15.0. The maximum Gasteiger partial charge on any atom is 0.565 e. The number of fused-ring (bicyclic) bond motifs is 1. The average Bonchev–Trinajstić information content (AvgIpc) is 2.87. The van der Waals surface area contributed by atoms with Crippen molar-refractivity contribution in [1.82, 2.24) is 9.80 Å². The Kier molecular flexibility index (Phi) is 5.10. The molecule has 3 rings (SSSR count). The lowest BCUT2D eigenvalue weighted by Gasteiger charge is -2.31. The molecule has 0 saturated heterocycles. The number of halogens is 1. The third kappa shape index (κ3) is 2.97. The van der Waals surface area contributed by atoms with Crippen LogP contribution < -0.4 is 28.7 Å². The normalized spacial score (nSPS) is 22.8. The Morgan fingerprint density at radius 3 is 2.86 bits per heavy atom. The summed E-state index contributed by atoms with van der Waals surface area (Å²) < 4.78 is 10.7. The second-order valence-electron chi connectivity index (χ2n) is 5.30. The molecule has 0 aliphatic carbocycles. The highest BCUT2D eigenvalue weighted by atomic mass is 127. The molecule has 0 amide bonds. The second-order valence-corrected chi connectivity index (χ2v) is 5.30. The highest BCUT2D eigenvalue weighted by Gasteiger charge is 2.47. The molecule has 6 heteroatoms. The number of esters is 1. The van der Waals surface area contributed by atoms with Crippen LogP contribution in [0.15, 0.2) is 36.2 Å². The van der Waals surface area contributed by atoms with Gasteiger partial charge in [0.25, 0.3) is 0 Å². The van der Waals surface area contributed by atoms with Gasteiger partial charge in [-0.3, -0.25) is 0 Å². The molecule has 0 spiro atoms. The van der Waals surface area contributed by atoms with Crippen molar-refractivity contribution in [3.8, 4) is 5.75 Å². The van der Waals surface area contributed by atoms with Crippen LogP contribution in [0.2, 0.25) is 0 Å². The Morgan fingerprint density at radius 1 is 1.41 bits per heavy atom. The Morgan fingerprint density at radius 2 is 2.14 bits per heavy atom. The highest BCUT2D eigenvalue weighted by Crippen LogP contribution is 2.42. The number of hydrogen-bond donors (Lipinski definition) is 0. The molecule has 0 N–H and O–H groups in total. The van der Waals surface area contributed by atoms with Crippen LogP contribution in [0.5, 0.6) is 5.75 Å². The van der Waals surface area contributed by atoms with E-state index in [1.165, 1.54) is 7.11 Å². The van der Waals surface area contributed by atoms with Gasteiger partial charge in [-0.15, -0.1) is 9.80 Å². The third-order valence-corrected chi connectivity index (χ3v) is 3.71. The van der Waals surface area contributed by atoms with Crippen LogP contribution in [0.25, 0.3) is 0 Å². The van der Waals surface area contributed by atoms with Gasteiger partial charge in [-0.25, -0.2) is 4.79 Å². The molecule has 117 valence electrons. The van der Waals surface area contributed by atoms with Crippen molar-refractivity contribution < 1.29 is 38.2 Å². The first kappa shape index (κ1) is 16.8. The summed E-state index contributed by atoms with van der Waals surface area (Å²) in [6.45, 7) is 5.20. The molecule has 0 saturated carbocycles. The number of hydrogen-bond acceptors (Lipinski definition) is 5. The lowest BCUT2D eigenvalue weighted by molar-refractivity contribution is -0.138. The minimum Gasteiger partial charge on any atom is -1.00 e. The van der Waals surface area contributed by atoms with Gasteiger partial charge in [-0.05, 0) is 13.0 Å². The number of nitrogens with zero attached hydrogens (tertiary/aromatic N) is 2. The summed E-state index contributed by atoms with van der Waals surface area (Å²) in [6.07, 6.45) is 2.59. The van der Waals surface area contributed by atoms with E-state index < -0.39 is 0 Å². The maximum atomic E-state index is 12.0. The summed E-state index contributed by atoms with van der Waals surface area (Å²) in [6, 6.07) is 7.93. The molecular formula is C16H18IN2O3. The van der Waals surface area contributed by atoms with Gasteiger partial charge in [0.1, 0.15) is 11.8 Å². The molecule has 2 unspecified atom stereocenters. The van der Waals surface area contributed by atoms with E-state index in [0.29, 0.717) is 5.70 Å². The fourth-order valence-electron chi connectivity index (χ4n) is 2.81. The van der Waals surface area contributed by atoms with E-state index >= 15 is 0 Å². The van der Waals surface area contributed by atoms with Gasteiger partial charge in [0, 0.05) is 12.0 Å². The van der Waals surface area contributed by atoms with Gasteiger partial charge in [-0.2, -0.15) is 0 Å². The molecule has 2 aliphatic rings. The molecule has 0 aromatic heterocycles. The predicted molar refractivity (Wildman–Crippen MR) is 76.8 cm³/mol. The number of carbonyl (C=O) groups is 1. The summed E-state index contributed by atoms with van der Waals surface area (Å²) in [5.41, 5.74) is 1.56. The molecule has 2 heterocycles. The maximum absolute atomic E-state index is 12.0. The number of rotatable bonds is 2. The Bertz CT molecular complexity index is 591. The summed E-state index contributed by atoms with van der Waals surface area (Å²) in [7, 11) is 3.23. The number of benzene rings is 1. The number of para-hydroxylation sites is 1. The van der Waals surface area contributed by atoms with Crippen molar-refractivity contribution in [2.75, 3.05) is 14.2 Å². The van der Waals surface area contributed by atoms with Gasteiger partial charge in [0.2, 0.25) is 0 Å². The van der Waals surface area contributed by atoms with Crippen molar-refractivity contribution in [1.29, 1.82) is 0 Å². The van der Waals surface area contributed by atoms with E-state index in [1.807, 2.05) is 43.1 Å². The highest BCUT2D eigenvalue weighted by molar-refractivity contribution is 5.88. The van der Waals surface area contributed by atoms with Crippen LogP contribution in [-0.4, -0.2) is 36.0 Å². The summed E-state index contributed by atoms with van der Waals surface area (Å²) in [5, 5.41) is 0. The average molecular weight is 413 g/mol. The van der Waals surface area contributed by atoms with Crippen LogP contribution in [0.3, 0.4) is 0 Å². The van der Waals surface area contributed by atoms with Crippen molar-refractivity contribution >= 4 is 5.97 Å². The molecule has 2 atom stereocenters. The fourth-order valence-corrected chi connectivity index (χ4v) is 2.81. The first-order valence-corrected chi connectivity index (χ1v) is 6.94. The third-order valence-electron chi connectivity index (χ3n) is 3.71. The minimum absolute atomic E-state index is 0. The van der Waals surface area contributed by atoms with E-state index in [-0.39, 0.29) is 42.1 Å². The fraction of sp³-hybridized carbons (Fsp3) is 0.375. The van der Waals surface area contributed by atoms with E-state index in [9.17, 15) is 4.79 Å². The molecule has 0 bridgehead atoms. The molecule has 1 aromatic rings. The first-order valence-electron chi connectivity index (χ1n) is 6.94. The molecule has 1 aromatic carbocycles. The van der Waals surface area contributed by atoms with Gasteiger partial charge in [0.05, 0.1) is 26.5 Å². The van der Waals surface area contributed by atoms with E-state index in [1.54, 1.807) is 11.1 Å². The topological polar surface area (TPSA) is 42.0 Å². The van der Waals surface area contributed by atoms with E-state index in [4.69, 9.17) is 9.47 Å². The van der Waals surface area contributed by atoms with Crippen LogP contribution in [-0.2, 0) is 9.53 Å². The standard InChI is InChI=1S/C16H18N2O3.HI/c1-11-8-13(12-6-4-5-7-15(12)21-11)18-10-17(2)9-14(18)16(19)20-3;/h4-7,9,11,13H,8H2,1-3H3;1H/q+1;/p-1. The van der Waals surface area contributed by atoms with Crippen molar-refractivity contribution in [2.45, 2.75) is 25.5 Å². The largest absolute Gasteiger partial charge is 1.00 e. The van der Waals surface area contributed by atoms with Gasteiger partial charge < -0.3 is 33.5 Å². The Hall–Kier alpha value is -1.57.